The van der Waals surface area contributed by atoms with Crippen molar-refractivity contribution in [3.63, 3.8) is 0 Å². The quantitative estimate of drug-likeness (QED) is 0.512. The predicted octanol–water partition coefficient (Wildman–Crippen LogP) is 4.32. The first kappa shape index (κ1) is 16.4. The van der Waals surface area contributed by atoms with Crippen LogP contribution in [0, 0.1) is 6.57 Å². The van der Waals surface area contributed by atoms with E-state index in [-0.39, 0.29) is 6.61 Å². The molecule has 0 bridgehead atoms. The molecule has 5 heteroatoms. The Kier molecular flexibility index (Phi) is 4.46. The molecule has 0 radical (unpaired) electrons. The first-order valence-electron chi connectivity index (χ1n) is 7.73. The summed E-state index contributed by atoms with van der Waals surface area (Å²) in [7, 11) is 0. The molecule has 0 fully saturated rings. The minimum Gasteiger partial charge on any atom is -0.490 e. The number of nitrogens with zero attached hydrogens (tertiary/aromatic N) is 1. The van der Waals surface area contributed by atoms with Crippen LogP contribution in [0.1, 0.15) is 24.0 Å². The van der Waals surface area contributed by atoms with Crippen molar-refractivity contribution < 1.29 is 9.53 Å². The number of rotatable bonds is 4. The van der Waals surface area contributed by atoms with E-state index in [0.717, 1.165) is 36.7 Å². The number of carbonyl (C=O) groups is 1. The molecule has 0 aliphatic heterocycles. The van der Waals surface area contributed by atoms with E-state index in [1.807, 2.05) is 18.2 Å². The average Bonchev–Trinajstić information content (AvgIpc) is 2.60. The molecule has 0 amide bonds. The molecule has 0 unspecified atom stereocenters. The highest BCUT2D eigenvalue weighted by Crippen LogP contribution is 2.38. The van der Waals surface area contributed by atoms with E-state index in [0.29, 0.717) is 22.1 Å². The van der Waals surface area contributed by atoms with Gasteiger partial charge in [0.1, 0.15) is 18.6 Å². The molecule has 0 saturated carbocycles. The summed E-state index contributed by atoms with van der Waals surface area (Å²) >= 11 is 6.07. The number of nitrogens with two attached hydrogens (primary N) is 1. The Balaban J connectivity index is 1.89. The molecule has 122 valence electrons. The van der Waals surface area contributed by atoms with Crippen LogP contribution < -0.4 is 10.5 Å². The van der Waals surface area contributed by atoms with Gasteiger partial charge in [-0.15, -0.1) is 0 Å². The Hall–Kier alpha value is -2.51. The number of aryl methyl sites for hydroxylation is 1. The van der Waals surface area contributed by atoms with Gasteiger partial charge in [0.2, 0.25) is 0 Å². The van der Waals surface area contributed by atoms with Crippen molar-refractivity contribution in [2.75, 3.05) is 12.3 Å². The smallest absolute Gasteiger partial charge is 0.189 e. The fourth-order valence-electron chi connectivity index (χ4n) is 3.23. The van der Waals surface area contributed by atoms with Crippen LogP contribution in [0.2, 0.25) is 5.02 Å². The second-order valence-electron chi connectivity index (χ2n) is 6.05. The lowest BCUT2D eigenvalue weighted by Gasteiger charge is -2.34. The number of halogens is 1. The Labute approximate surface area is 146 Å². The number of carbonyl (C=O) groups excluding carboxylic acids is 1. The van der Waals surface area contributed by atoms with Gasteiger partial charge in [-0.2, -0.15) is 0 Å². The van der Waals surface area contributed by atoms with Gasteiger partial charge in [0, 0.05) is 5.02 Å². The Morgan fingerprint density at radius 1 is 1.33 bits per heavy atom. The standard InChI is InChI=1S/C19H17ClN2O2/c1-22-15-5-7-18(17(21)10-15)24-12-19(11-23)8-2-3-13-9-14(20)4-6-16(13)19/h4-7,9-11H,2-3,8,12,21H2/t19-/m0/s1. The van der Waals surface area contributed by atoms with E-state index >= 15 is 0 Å². The highest BCUT2D eigenvalue weighted by atomic mass is 35.5. The van der Waals surface area contributed by atoms with Gasteiger partial charge in [-0.05, 0) is 54.7 Å². The Morgan fingerprint density at radius 3 is 2.88 bits per heavy atom. The molecule has 1 aliphatic carbocycles. The molecule has 2 aromatic carbocycles. The summed E-state index contributed by atoms with van der Waals surface area (Å²) in [6.07, 6.45) is 3.52. The molecule has 0 saturated heterocycles. The molecule has 4 nitrogen and oxygen atoms in total. The van der Waals surface area contributed by atoms with Gasteiger partial charge in [-0.1, -0.05) is 23.7 Å². The molecule has 1 atom stereocenters. The third kappa shape index (κ3) is 2.95. The van der Waals surface area contributed by atoms with Crippen LogP contribution in [0.25, 0.3) is 4.85 Å². The fourth-order valence-corrected chi connectivity index (χ4v) is 3.43. The zero-order chi connectivity index (χ0) is 17.2. The molecule has 0 aromatic heterocycles. The molecule has 0 spiro atoms. The predicted molar refractivity (Wildman–Crippen MR) is 94.7 cm³/mol. The molecule has 1 aliphatic rings. The summed E-state index contributed by atoms with van der Waals surface area (Å²) in [5.41, 5.74) is 8.18. The third-order valence-electron chi connectivity index (χ3n) is 4.51. The highest BCUT2D eigenvalue weighted by molar-refractivity contribution is 6.30. The fraction of sp³-hybridized carbons (Fsp3) is 0.263. The minimum absolute atomic E-state index is 0.215. The number of nitrogen functional groups attached to an aromatic ring is 1. The van der Waals surface area contributed by atoms with Crippen molar-refractivity contribution in [2.45, 2.75) is 24.7 Å². The number of aldehydes is 1. The van der Waals surface area contributed by atoms with Crippen LogP contribution in [0.3, 0.4) is 0 Å². The summed E-state index contributed by atoms with van der Waals surface area (Å²) in [6, 6.07) is 10.5. The Bertz CT molecular complexity index is 829. The van der Waals surface area contributed by atoms with E-state index in [1.165, 1.54) is 0 Å². The lowest BCUT2D eigenvalue weighted by Crippen LogP contribution is -2.38. The lowest BCUT2D eigenvalue weighted by atomic mass is 9.71. The second kappa shape index (κ2) is 6.54. The average molecular weight is 341 g/mol. The van der Waals surface area contributed by atoms with Crippen molar-refractivity contribution >= 4 is 29.3 Å². The number of hydrogen-bond donors (Lipinski definition) is 1. The zero-order valence-corrected chi connectivity index (χ0v) is 13.8. The van der Waals surface area contributed by atoms with Crippen LogP contribution in [-0.4, -0.2) is 12.9 Å². The summed E-state index contributed by atoms with van der Waals surface area (Å²) in [6.45, 7) is 7.22. The molecule has 2 N–H and O–H groups in total. The largest absolute Gasteiger partial charge is 0.490 e. The van der Waals surface area contributed by atoms with Crippen LogP contribution in [0.15, 0.2) is 36.4 Å². The first-order valence-corrected chi connectivity index (χ1v) is 8.11. The van der Waals surface area contributed by atoms with E-state index < -0.39 is 5.41 Å². The van der Waals surface area contributed by atoms with E-state index in [1.54, 1.807) is 18.2 Å². The maximum atomic E-state index is 12.0. The lowest BCUT2D eigenvalue weighted by molar-refractivity contribution is -0.114. The first-order chi connectivity index (χ1) is 11.6. The Morgan fingerprint density at radius 2 is 2.17 bits per heavy atom. The number of hydrogen-bond acceptors (Lipinski definition) is 3. The van der Waals surface area contributed by atoms with Gasteiger partial charge < -0.3 is 15.3 Å². The molecule has 3 rings (SSSR count). The van der Waals surface area contributed by atoms with Crippen LogP contribution in [-0.2, 0) is 16.6 Å². The van der Waals surface area contributed by atoms with Crippen LogP contribution >= 0.6 is 11.6 Å². The summed E-state index contributed by atoms with van der Waals surface area (Å²) in [5, 5.41) is 0.676. The second-order valence-corrected chi connectivity index (χ2v) is 6.49. The molecular weight excluding hydrogens is 324 g/mol. The van der Waals surface area contributed by atoms with Gasteiger partial charge in [0.05, 0.1) is 17.7 Å². The van der Waals surface area contributed by atoms with Gasteiger partial charge >= 0.3 is 0 Å². The van der Waals surface area contributed by atoms with Crippen molar-refractivity contribution in [1.29, 1.82) is 0 Å². The monoisotopic (exact) mass is 340 g/mol. The number of ether oxygens (including phenoxy) is 1. The molecular formula is C19H17ClN2O2. The minimum atomic E-state index is -0.691. The maximum absolute atomic E-state index is 12.0. The van der Waals surface area contributed by atoms with Crippen molar-refractivity contribution in [1.82, 2.24) is 0 Å². The van der Waals surface area contributed by atoms with Crippen molar-refractivity contribution in [2.24, 2.45) is 0 Å². The summed E-state index contributed by atoms with van der Waals surface area (Å²) in [4.78, 5) is 15.3. The molecule has 24 heavy (non-hydrogen) atoms. The molecule has 2 aromatic rings. The topological polar surface area (TPSA) is 56.7 Å². The van der Waals surface area contributed by atoms with Gasteiger partial charge in [-0.3, -0.25) is 0 Å². The van der Waals surface area contributed by atoms with Gasteiger partial charge in [0.15, 0.2) is 5.69 Å². The normalized spacial score (nSPS) is 19.2. The molecule has 0 heterocycles. The summed E-state index contributed by atoms with van der Waals surface area (Å²) in [5.74, 6) is 0.490. The van der Waals surface area contributed by atoms with E-state index in [2.05, 4.69) is 4.85 Å². The number of anilines is 1. The highest BCUT2D eigenvalue weighted by Gasteiger charge is 2.37. The number of benzene rings is 2. The van der Waals surface area contributed by atoms with Crippen molar-refractivity contribution in [3.8, 4) is 5.75 Å². The maximum Gasteiger partial charge on any atom is 0.189 e. The SMILES string of the molecule is [C-]#[N+]c1ccc(OC[C@@]2(C=O)CCCc3cc(Cl)ccc32)c(N)c1. The summed E-state index contributed by atoms with van der Waals surface area (Å²) < 4.78 is 5.86. The number of fused-ring (bicyclic) bond motifs is 1. The van der Waals surface area contributed by atoms with Crippen molar-refractivity contribution in [3.05, 3.63) is 64.0 Å². The zero-order valence-electron chi connectivity index (χ0n) is 13.1. The third-order valence-corrected chi connectivity index (χ3v) is 4.74. The van der Waals surface area contributed by atoms with Gasteiger partial charge in [0.25, 0.3) is 0 Å². The van der Waals surface area contributed by atoms with Crippen LogP contribution in [0.5, 0.6) is 5.75 Å². The van der Waals surface area contributed by atoms with Crippen LogP contribution in [0.4, 0.5) is 11.4 Å². The van der Waals surface area contributed by atoms with E-state index in [4.69, 9.17) is 28.6 Å². The van der Waals surface area contributed by atoms with Gasteiger partial charge in [-0.25, -0.2) is 4.85 Å². The van der Waals surface area contributed by atoms with E-state index in [9.17, 15) is 4.79 Å².